The Bertz CT molecular complexity index is 632. The number of carbonyl (C=O) groups excluding carboxylic acids is 2. The molecule has 0 radical (unpaired) electrons. The molecule has 3 amide bonds. The topological polar surface area (TPSA) is 98.7 Å². The molecular formula is C17H23N3O4. The summed E-state index contributed by atoms with van der Waals surface area (Å²) in [4.78, 5) is 36.9. The van der Waals surface area contributed by atoms with Crippen molar-refractivity contribution < 1.29 is 19.5 Å². The highest BCUT2D eigenvalue weighted by Gasteiger charge is 2.29. The van der Waals surface area contributed by atoms with E-state index in [2.05, 4.69) is 10.6 Å². The van der Waals surface area contributed by atoms with E-state index in [9.17, 15) is 14.4 Å². The summed E-state index contributed by atoms with van der Waals surface area (Å²) in [5.41, 5.74) is 1.76. The molecule has 2 rings (SSSR count). The fourth-order valence-electron chi connectivity index (χ4n) is 2.69. The first-order valence-electron chi connectivity index (χ1n) is 8.02. The number of benzene rings is 1. The van der Waals surface area contributed by atoms with E-state index in [1.165, 1.54) is 6.92 Å². The number of carboxylic acids is 1. The van der Waals surface area contributed by atoms with Crippen molar-refractivity contribution in [3.8, 4) is 0 Å². The molecule has 24 heavy (non-hydrogen) atoms. The van der Waals surface area contributed by atoms with Crippen LogP contribution < -0.4 is 10.6 Å². The molecule has 1 aromatic carbocycles. The quantitative estimate of drug-likeness (QED) is 0.783. The summed E-state index contributed by atoms with van der Waals surface area (Å²) < 4.78 is 0. The molecule has 0 aromatic heterocycles. The largest absolute Gasteiger partial charge is 0.480 e. The van der Waals surface area contributed by atoms with Gasteiger partial charge >= 0.3 is 12.0 Å². The molecule has 7 heteroatoms. The van der Waals surface area contributed by atoms with Crippen molar-refractivity contribution in [2.45, 2.75) is 32.7 Å². The van der Waals surface area contributed by atoms with Crippen LogP contribution in [0.2, 0.25) is 0 Å². The second kappa shape index (κ2) is 7.81. The lowest BCUT2D eigenvalue weighted by Crippen LogP contribution is -2.49. The Morgan fingerprint density at radius 1 is 1.33 bits per heavy atom. The van der Waals surface area contributed by atoms with E-state index in [0.717, 1.165) is 5.56 Å². The van der Waals surface area contributed by atoms with Crippen molar-refractivity contribution in [1.82, 2.24) is 10.2 Å². The number of rotatable bonds is 4. The lowest BCUT2D eigenvalue weighted by atomic mass is 9.97. The number of aliphatic carboxylic acids is 1. The molecule has 130 valence electrons. The van der Waals surface area contributed by atoms with Crippen LogP contribution in [0.15, 0.2) is 24.3 Å². The number of nitrogens with one attached hydrogen (secondary N) is 2. The lowest BCUT2D eigenvalue weighted by Gasteiger charge is -2.32. The first-order valence-corrected chi connectivity index (χ1v) is 8.02. The van der Waals surface area contributed by atoms with Crippen molar-refractivity contribution in [3.63, 3.8) is 0 Å². The molecule has 0 bridgehead atoms. The maximum atomic E-state index is 12.4. The van der Waals surface area contributed by atoms with Crippen LogP contribution in [-0.2, 0) is 9.59 Å². The molecule has 1 aliphatic heterocycles. The van der Waals surface area contributed by atoms with E-state index in [0.29, 0.717) is 25.1 Å². The number of likely N-dealkylation sites (tertiary alicyclic amines) is 1. The summed E-state index contributed by atoms with van der Waals surface area (Å²) in [6.07, 6.45) is 1.35. The molecule has 1 unspecified atom stereocenters. The van der Waals surface area contributed by atoms with Gasteiger partial charge in [0.15, 0.2) is 0 Å². The normalized spacial score (nSPS) is 18.6. The Hall–Kier alpha value is -2.57. The molecule has 0 aliphatic carbocycles. The molecule has 1 saturated heterocycles. The number of carboxylic acid groups (broad SMARTS) is 1. The number of anilines is 1. The maximum absolute atomic E-state index is 12.4. The van der Waals surface area contributed by atoms with Gasteiger partial charge in [-0.05, 0) is 44.4 Å². The second-order valence-electron chi connectivity index (χ2n) is 6.15. The van der Waals surface area contributed by atoms with Crippen molar-refractivity contribution in [1.29, 1.82) is 0 Å². The van der Waals surface area contributed by atoms with Gasteiger partial charge in [-0.3, -0.25) is 9.59 Å². The van der Waals surface area contributed by atoms with Crippen LogP contribution in [0.1, 0.15) is 25.3 Å². The van der Waals surface area contributed by atoms with Gasteiger partial charge < -0.3 is 20.6 Å². The molecule has 1 aromatic rings. The average molecular weight is 333 g/mol. The van der Waals surface area contributed by atoms with E-state index in [4.69, 9.17) is 5.11 Å². The number of urea groups is 1. The summed E-state index contributed by atoms with van der Waals surface area (Å²) >= 11 is 0. The fourth-order valence-corrected chi connectivity index (χ4v) is 2.69. The molecule has 0 saturated carbocycles. The predicted octanol–water partition coefficient (Wildman–Crippen LogP) is 1.83. The fraction of sp³-hybridized carbons (Fsp3) is 0.471. The SMILES string of the molecule is Cc1cccc(NC(=O)N2CCCC(C(=O)N[C@H](C)C(=O)O)C2)c1. The van der Waals surface area contributed by atoms with E-state index >= 15 is 0 Å². The van der Waals surface area contributed by atoms with Gasteiger partial charge in [-0.1, -0.05) is 12.1 Å². The third-order valence-electron chi connectivity index (χ3n) is 4.08. The number of aryl methyl sites for hydroxylation is 1. The summed E-state index contributed by atoms with van der Waals surface area (Å²) in [5.74, 6) is -1.78. The van der Waals surface area contributed by atoms with Crippen LogP contribution in [-0.4, -0.2) is 47.0 Å². The number of amides is 3. The summed E-state index contributed by atoms with van der Waals surface area (Å²) in [6.45, 7) is 4.23. The minimum Gasteiger partial charge on any atom is -0.480 e. The minimum atomic E-state index is -1.08. The van der Waals surface area contributed by atoms with Crippen molar-refractivity contribution >= 4 is 23.6 Å². The van der Waals surface area contributed by atoms with E-state index in [1.807, 2.05) is 31.2 Å². The summed E-state index contributed by atoms with van der Waals surface area (Å²) in [7, 11) is 0. The van der Waals surface area contributed by atoms with Crippen LogP contribution >= 0.6 is 0 Å². The van der Waals surface area contributed by atoms with Gasteiger partial charge in [0.1, 0.15) is 6.04 Å². The predicted molar refractivity (Wildman–Crippen MR) is 89.7 cm³/mol. The van der Waals surface area contributed by atoms with E-state index < -0.39 is 12.0 Å². The van der Waals surface area contributed by atoms with Gasteiger partial charge in [0, 0.05) is 18.8 Å². The van der Waals surface area contributed by atoms with Crippen molar-refractivity contribution in [2.24, 2.45) is 5.92 Å². The number of hydrogen-bond donors (Lipinski definition) is 3. The highest BCUT2D eigenvalue weighted by Crippen LogP contribution is 2.18. The Morgan fingerprint density at radius 3 is 2.75 bits per heavy atom. The first kappa shape index (κ1) is 17.8. The third kappa shape index (κ3) is 4.71. The van der Waals surface area contributed by atoms with Crippen LogP contribution in [0.3, 0.4) is 0 Å². The van der Waals surface area contributed by atoms with Gasteiger partial charge in [0.2, 0.25) is 5.91 Å². The molecule has 1 aliphatic rings. The van der Waals surface area contributed by atoms with Gasteiger partial charge in [0.25, 0.3) is 0 Å². The Labute approximate surface area is 141 Å². The zero-order valence-electron chi connectivity index (χ0n) is 13.9. The monoisotopic (exact) mass is 333 g/mol. The van der Waals surface area contributed by atoms with Crippen LogP contribution in [0.5, 0.6) is 0 Å². The average Bonchev–Trinajstić information content (AvgIpc) is 2.54. The Morgan fingerprint density at radius 2 is 2.08 bits per heavy atom. The number of hydrogen-bond acceptors (Lipinski definition) is 3. The van der Waals surface area contributed by atoms with Gasteiger partial charge in [0.05, 0.1) is 5.92 Å². The minimum absolute atomic E-state index is 0.246. The molecule has 2 atom stereocenters. The van der Waals surface area contributed by atoms with Gasteiger partial charge in [-0.25, -0.2) is 4.79 Å². The standard InChI is InChI=1S/C17H23N3O4/c1-11-5-3-7-14(9-11)19-17(24)20-8-4-6-13(10-20)15(21)18-12(2)16(22)23/h3,5,7,9,12-13H,4,6,8,10H2,1-2H3,(H,18,21)(H,19,24)(H,22,23)/t12-,13?/m1/s1. The Balaban J connectivity index is 1.93. The molecule has 1 heterocycles. The van der Waals surface area contributed by atoms with Crippen LogP contribution in [0, 0.1) is 12.8 Å². The van der Waals surface area contributed by atoms with Gasteiger partial charge in [-0.15, -0.1) is 0 Å². The molecule has 1 fully saturated rings. The summed E-state index contributed by atoms with van der Waals surface area (Å²) in [5, 5.41) is 14.2. The third-order valence-corrected chi connectivity index (χ3v) is 4.08. The van der Waals surface area contributed by atoms with Crippen molar-refractivity contribution in [2.75, 3.05) is 18.4 Å². The van der Waals surface area contributed by atoms with Gasteiger partial charge in [-0.2, -0.15) is 0 Å². The zero-order chi connectivity index (χ0) is 17.7. The van der Waals surface area contributed by atoms with Crippen molar-refractivity contribution in [3.05, 3.63) is 29.8 Å². The second-order valence-corrected chi connectivity index (χ2v) is 6.15. The molecular weight excluding hydrogens is 310 g/mol. The van der Waals surface area contributed by atoms with E-state index in [-0.39, 0.29) is 24.4 Å². The lowest BCUT2D eigenvalue weighted by molar-refractivity contribution is -0.142. The van der Waals surface area contributed by atoms with Crippen LogP contribution in [0.25, 0.3) is 0 Å². The molecule has 0 spiro atoms. The highest BCUT2D eigenvalue weighted by molar-refractivity contribution is 5.90. The molecule has 7 nitrogen and oxygen atoms in total. The number of nitrogens with zero attached hydrogens (tertiary/aromatic N) is 1. The van der Waals surface area contributed by atoms with Crippen LogP contribution in [0.4, 0.5) is 10.5 Å². The highest BCUT2D eigenvalue weighted by atomic mass is 16.4. The Kier molecular flexibility index (Phi) is 5.78. The number of carbonyl (C=O) groups is 3. The first-order chi connectivity index (χ1) is 11.4. The maximum Gasteiger partial charge on any atom is 0.325 e. The zero-order valence-corrected chi connectivity index (χ0v) is 13.9. The smallest absolute Gasteiger partial charge is 0.325 e. The number of piperidine rings is 1. The molecule has 3 N–H and O–H groups in total. The summed E-state index contributed by atoms with van der Waals surface area (Å²) in [6, 6.07) is 6.32. The van der Waals surface area contributed by atoms with E-state index in [1.54, 1.807) is 4.90 Å².